The minimum atomic E-state index is 0.00692. The van der Waals surface area contributed by atoms with Crippen LogP contribution in [0.25, 0.3) is 10.9 Å². The molecule has 0 fully saturated rings. The molecule has 4 heteroatoms. The highest BCUT2D eigenvalue weighted by molar-refractivity contribution is 9.10. The van der Waals surface area contributed by atoms with Crippen molar-refractivity contribution in [3.05, 3.63) is 34.9 Å². The molecule has 0 atom stereocenters. The summed E-state index contributed by atoms with van der Waals surface area (Å²) in [7, 11) is 1.64. The second-order valence-electron chi connectivity index (χ2n) is 3.32. The average molecular weight is 267 g/mol. The van der Waals surface area contributed by atoms with Crippen LogP contribution in [-0.2, 0) is 11.3 Å². The van der Waals surface area contributed by atoms with Gasteiger partial charge in [-0.2, -0.15) is 0 Å². The largest absolute Gasteiger partial charge is 0.358 e. The average Bonchev–Trinajstić information content (AvgIpc) is 2.61. The van der Waals surface area contributed by atoms with E-state index in [1.165, 1.54) is 0 Å². The van der Waals surface area contributed by atoms with Crippen molar-refractivity contribution in [3.8, 4) is 0 Å². The van der Waals surface area contributed by atoms with Crippen molar-refractivity contribution in [2.45, 2.75) is 6.54 Å². The molecule has 0 bridgehead atoms. The first-order valence-electron chi connectivity index (χ1n) is 4.65. The summed E-state index contributed by atoms with van der Waals surface area (Å²) in [6, 6.07) is 8.04. The highest BCUT2D eigenvalue weighted by atomic mass is 79.9. The summed E-state index contributed by atoms with van der Waals surface area (Å²) in [5.41, 5.74) is 1.06. The van der Waals surface area contributed by atoms with Crippen LogP contribution >= 0.6 is 15.9 Å². The molecular weight excluding hydrogens is 256 g/mol. The van der Waals surface area contributed by atoms with Crippen molar-refractivity contribution >= 4 is 32.7 Å². The van der Waals surface area contributed by atoms with Gasteiger partial charge in [0.1, 0.15) is 6.54 Å². The standard InChI is InChI=1S/C11H11BrN2O/c1-13-11(15)7-14-5-4-8-2-3-9(12)6-10(8)14/h2-6H,7H2,1H3,(H,13,15). The van der Waals surface area contributed by atoms with E-state index in [1.54, 1.807) is 7.05 Å². The summed E-state index contributed by atoms with van der Waals surface area (Å²) < 4.78 is 2.95. The molecule has 1 aromatic heterocycles. The third-order valence-electron chi connectivity index (χ3n) is 2.33. The predicted octanol–water partition coefficient (Wildman–Crippen LogP) is 2.15. The number of fused-ring (bicyclic) bond motifs is 1. The minimum Gasteiger partial charge on any atom is -0.358 e. The molecule has 0 aliphatic heterocycles. The lowest BCUT2D eigenvalue weighted by Crippen LogP contribution is -2.22. The van der Waals surface area contributed by atoms with E-state index in [2.05, 4.69) is 21.2 Å². The van der Waals surface area contributed by atoms with Crippen molar-refractivity contribution in [2.75, 3.05) is 7.05 Å². The number of benzene rings is 1. The molecule has 78 valence electrons. The minimum absolute atomic E-state index is 0.00692. The van der Waals surface area contributed by atoms with Crippen molar-refractivity contribution in [2.24, 2.45) is 0 Å². The van der Waals surface area contributed by atoms with Crippen molar-refractivity contribution in [1.29, 1.82) is 0 Å². The Morgan fingerprint density at radius 2 is 2.27 bits per heavy atom. The van der Waals surface area contributed by atoms with Gasteiger partial charge in [-0.25, -0.2) is 0 Å². The lowest BCUT2D eigenvalue weighted by atomic mass is 10.2. The first-order valence-corrected chi connectivity index (χ1v) is 5.45. The highest BCUT2D eigenvalue weighted by Crippen LogP contribution is 2.20. The van der Waals surface area contributed by atoms with E-state index in [0.717, 1.165) is 15.4 Å². The van der Waals surface area contributed by atoms with Crippen molar-refractivity contribution in [1.82, 2.24) is 9.88 Å². The number of nitrogens with zero attached hydrogens (tertiary/aromatic N) is 1. The molecule has 1 amide bonds. The van der Waals surface area contributed by atoms with Crippen LogP contribution in [-0.4, -0.2) is 17.5 Å². The monoisotopic (exact) mass is 266 g/mol. The van der Waals surface area contributed by atoms with E-state index in [4.69, 9.17) is 0 Å². The highest BCUT2D eigenvalue weighted by Gasteiger charge is 2.04. The molecule has 0 spiro atoms. The Kier molecular flexibility index (Phi) is 2.77. The molecule has 0 unspecified atom stereocenters. The van der Waals surface area contributed by atoms with Crippen molar-refractivity contribution < 1.29 is 4.79 Å². The Bertz CT molecular complexity index is 504. The number of aromatic nitrogens is 1. The molecule has 1 aromatic carbocycles. The van der Waals surface area contributed by atoms with E-state index >= 15 is 0 Å². The second kappa shape index (κ2) is 4.06. The molecule has 2 aromatic rings. The Hall–Kier alpha value is -1.29. The molecule has 0 aliphatic rings. The molecular formula is C11H11BrN2O. The fourth-order valence-corrected chi connectivity index (χ4v) is 1.88. The van der Waals surface area contributed by atoms with Gasteiger partial charge in [0.15, 0.2) is 0 Å². The van der Waals surface area contributed by atoms with Gasteiger partial charge in [0.25, 0.3) is 0 Å². The molecule has 2 rings (SSSR count). The first-order chi connectivity index (χ1) is 7.20. The van der Waals surface area contributed by atoms with Crippen LogP contribution in [0.2, 0.25) is 0 Å². The predicted molar refractivity (Wildman–Crippen MR) is 63.7 cm³/mol. The van der Waals surface area contributed by atoms with Gasteiger partial charge in [-0.15, -0.1) is 0 Å². The number of amides is 1. The van der Waals surface area contributed by atoms with Gasteiger partial charge in [0, 0.05) is 23.2 Å². The lowest BCUT2D eigenvalue weighted by molar-refractivity contribution is -0.121. The number of halogens is 1. The molecule has 3 nitrogen and oxygen atoms in total. The van der Waals surface area contributed by atoms with Gasteiger partial charge in [-0.3, -0.25) is 4.79 Å². The van der Waals surface area contributed by atoms with E-state index < -0.39 is 0 Å². The van der Waals surface area contributed by atoms with Crippen molar-refractivity contribution in [3.63, 3.8) is 0 Å². The van der Waals surface area contributed by atoms with Gasteiger partial charge < -0.3 is 9.88 Å². The molecule has 15 heavy (non-hydrogen) atoms. The maximum absolute atomic E-state index is 11.3. The van der Waals surface area contributed by atoms with Gasteiger partial charge in [0.2, 0.25) is 5.91 Å². The number of hydrogen-bond acceptors (Lipinski definition) is 1. The van der Waals surface area contributed by atoms with E-state index in [0.29, 0.717) is 6.54 Å². The first kappa shape index (κ1) is 10.2. The topological polar surface area (TPSA) is 34.0 Å². The van der Waals surface area contributed by atoms with Gasteiger partial charge >= 0.3 is 0 Å². The summed E-state index contributed by atoms with van der Waals surface area (Å²) in [4.78, 5) is 11.3. The van der Waals surface area contributed by atoms with Gasteiger partial charge in [-0.1, -0.05) is 22.0 Å². The summed E-state index contributed by atoms with van der Waals surface area (Å²) in [5.74, 6) is 0.00692. The third-order valence-corrected chi connectivity index (χ3v) is 2.82. The van der Waals surface area contributed by atoms with Gasteiger partial charge in [0.05, 0.1) is 0 Å². The molecule has 1 heterocycles. The lowest BCUT2D eigenvalue weighted by Gasteiger charge is -2.04. The van der Waals surface area contributed by atoms with Crippen LogP contribution in [0.4, 0.5) is 0 Å². The number of rotatable bonds is 2. The zero-order valence-corrected chi connectivity index (χ0v) is 9.91. The maximum Gasteiger partial charge on any atom is 0.239 e. The Balaban J connectivity index is 2.43. The van der Waals surface area contributed by atoms with Gasteiger partial charge in [-0.05, 0) is 23.6 Å². The quantitative estimate of drug-likeness (QED) is 0.888. The second-order valence-corrected chi connectivity index (χ2v) is 4.24. The maximum atomic E-state index is 11.3. The summed E-state index contributed by atoms with van der Waals surface area (Å²) in [6.45, 7) is 0.358. The molecule has 1 N–H and O–H groups in total. The van der Waals surface area contributed by atoms with Crippen LogP contribution in [0.3, 0.4) is 0 Å². The van der Waals surface area contributed by atoms with E-state index in [-0.39, 0.29) is 5.91 Å². The molecule has 0 radical (unpaired) electrons. The van der Waals surface area contributed by atoms with Crippen LogP contribution in [0.15, 0.2) is 34.9 Å². The fraction of sp³-hybridized carbons (Fsp3) is 0.182. The van der Waals surface area contributed by atoms with Crippen LogP contribution in [0, 0.1) is 0 Å². The molecule has 0 saturated heterocycles. The Morgan fingerprint density at radius 1 is 1.47 bits per heavy atom. The SMILES string of the molecule is CNC(=O)Cn1ccc2ccc(Br)cc21. The smallest absolute Gasteiger partial charge is 0.239 e. The number of nitrogens with one attached hydrogen (secondary N) is 1. The summed E-state index contributed by atoms with van der Waals surface area (Å²) >= 11 is 3.42. The summed E-state index contributed by atoms with van der Waals surface area (Å²) in [5, 5.41) is 3.75. The number of carbonyl (C=O) groups excluding carboxylic acids is 1. The Morgan fingerprint density at radius 3 is 3.00 bits per heavy atom. The normalized spacial score (nSPS) is 10.5. The number of likely N-dealkylation sites (N-methyl/N-ethyl adjacent to an activating group) is 1. The van der Waals surface area contributed by atoms with E-state index in [9.17, 15) is 4.79 Å². The number of carbonyl (C=O) groups is 1. The molecule has 0 saturated carbocycles. The van der Waals surface area contributed by atoms with E-state index in [1.807, 2.05) is 35.0 Å². The zero-order valence-electron chi connectivity index (χ0n) is 8.33. The Labute approximate surface area is 96.2 Å². The zero-order chi connectivity index (χ0) is 10.8. The fourth-order valence-electron chi connectivity index (χ4n) is 1.53. The molecule has 0 aliphatic carbocycles. The van der Waals surface area contributed by atoms with Crippen LogP contribution in [0.1, 0.15) is 0 Å². The number of hydrogen-bond donors (Lipinski definition) is 1. The van der Waals surface area contributed by atoms with Crippen LogP contribution in [0.5, 0.6) is 0 Å². The third kappa shape index (κ3) is 2.04. The van der Waals surface area contributed by atoms with Crippen LogP contribution < -0.4 is 5.32 Å². The summed E-state index contributed by atoms with van der Waals surface area (Å²) in [6.07, 6.45) is 1.92.